The number of aliphatic carboxylic acids is 1. The molecule has 14 heteroatoms. The number of carboxylic acids is 1. The molecule has 248 valence electrons. The van der Waals surface area contributed by atoms with Crippen molar-refractivity contribution < 1.29 is 38.6 Å². The Kier molecular flexibility index (Phi) is 13.3. The predicted octanol–water partition coefficient (Wildman–Crippen LogP) is 3.57. The van der Waals surface area contributed by atoms with Gasteiger partial charge < -0.3 is 40.4 Å². The number of alkyl carbamates (subject to hydrolysis) is 1. The molecule has 0 aliphatic rings. The summed E-state index contributed by atoms with van der Waals surface area (Å²) in [5, 5.41) is 17.0. The average molecular weight is 639 g/mol. The molecule has 14 nitrogen and oxygen atoms in total. The molecule has 0 aliphatic carbocycles. The maximum Gasteiger partial charge on any atom is 0.407 e. The van der Waals surface area contributed by atoms with Gasteiger partial charge in [-0.1, -0.05) is 51.5 Å². The molecule has 0 spiro atoms. The second-order valence-electron chi connectivity index (χ2n) is 10.9. The zero-order chi connectivity index (χ0) is 33.6. The lowest BCUT2D eigenvalue weighted by atomic mass is 10.1. The van der Waals surface area contributed by atoms with Crippen LogP contribution < -0.4 is 16.0 Å². The van der Waals surface area contributed by atoms with Gasteiger partial charge in [-0.15, -0.1) is 0 Å². The molecule has 1 heterocycles. The van der Waals surface area contributed by atoms with Crippen LogP contribution in [0.3, 0.4) is 0 Å². The number of hydrogen-bond acceptors (Lipinski definition) is 8. The number of H-pyrrole nitrogens is 1. The summed E-state index contributed by atoms with van der Waals surface area (Å²) in [5.74, 6) is -2.09. The first-order valence-corrected chi connectivity index (χ1v) is 15.2. The third kappa shape index (κ3) is 10.5. The van der Waals surface area contributed by atoms with Crippen LogP contribution in [0.2, 0.25) is 0 Å². The molecule has 5 N–H and O–H groups in total. The van der Waals surface area contributed by atoms with Crippen molar-refractivity contribution >= 4 is 41.0 Å². The van der Waals surface area contributed by atoms with Gasteiger partial charge in [0.25, 0.3) is 5.91 Å². The first-order chi connectivity index (χ1) is 22.0. The fourth-order valence-electron chi connectivity index (χ4n) is 4.39. The van der Waals surface area contributed by atoms with Gasteiger partial charge in [0.1, 0.15) is 17.9 Å². The molecule has 0 saturated heterocycles. The SMILES string of the molecule is CCCCOC(=O)NC(CNC(=O)c1ccc(CN(Cc2nc3ccccc3[nH]2)C(=O)N[C@H](C(=O)OCC)C(C)C)cc1)C(=O)O. The molecular formula is C32H42N6O8. The Morgan fingerprint density at radius 2 is 1.67 bits per heavy atom. The summed E-state index contributed by atoms with van der Waals surface area (Å²) in [6, 6.07) is 11.1. The minimum atomic E-state index is -1.38. The largest absolute Gasteiger partial charge is 0.480 e. The summed E-state index contributed by atoms with van der Waals surface area (Å²) in [5.41, 5.74) is 2.48. The lowest BCUT2D eigenvalue weighted by Crippen LogP contribution is -2.50. The van der Waals surface area contributed by atoms with Gasteiger partial charge in [0.2, 0.25) is 0 Å². The van der Waals surface area contributed by atoms with Crippen molar-refractivity contribution in [1.29, 1.82) is 0 Å². The minimum absolute atomic E-state index is 0.0981. The van der Waals surface area contributed by atoms with Crippen LogP contribution in [0.25, 0.3) is 11.0 Å². The van der Waals surface area contributed by atoms with Crippen LogP contribution in [0.15, 0.2) is 48.5 Å². The van der Waals surface area contributed by atoms with Gasteiger partial charge >= 0.3 is 24.1 Å². The summed E-state index contributed by atoms with van der Waals surface area (Å²) in [6.07, 6.45) is 0.579. The Hall–Kier alpha value is -5.14. The molecule has 2 atom stereocenters. The summed E-state index contributed by atoms with van der Waals surface area (Å²) in [4.78, 5) is 71.6. The maximum atomic E-state index is 13.5. The number of amides is 4. The van der Waals surface area contributed by atoms with Crippen molar-refractivity contribution in [2.75, 3.05) is 19.8 Å². The lowest BCUT2D eigenvalue weighted by Gasteiger charge is -2.27. The molecule has 1 aromatic heterocycles. The molecule has 4 amide bonds. The van der Waals surface area contributed by atoms with Crippen LogP contribution in [0.1, 0.15) is 62.3 Å². The minimum Gasteiger partial charge on any atom is -0.480 e. The Bertz CT molecular complexity index is 1460. The highest BCUT2D eigenvalue weighted by atomic mass is 16.5. The van der Waals surface area contributed by atoms with E-state index in [2.05, 4.69) is 25.9 Å². The third-order valence-electron chi connectivity index (χ3n) is 6.93. The normalized spacial score (nSPS) is 12.2. The Morgan fingerprint density at radius 3 is 2.30 bits per heavy atom. The zero-order valence-corrected chi connectivity index (χ0v) is 26.5. The molecule has 0 radical (unpaired) electrons. The van der Waals surface area contributed by atoms with Crippen LogP contribution in [-0.4, -0.2) is 81.8 Å². The Labute approximate surface area is 267 Å². The van der Waals surface area contributed by atoms with E-state index in [0.717, 1.165) is 17.5 Å². The highest BCUT2D eigenvalue weighted by Crippen LogP contribution is 2.16. The molecule has 3 rings (SSSR count). The molecule has 0 saturated carbocycles. The number of unbranched alkanes of at least 4 members (excludes halogenated alkanes) is 1. The number of imidazole rings is 1. The summed E-state index contributed by atoms with van der Waals surface area (Å²) < 4.78 is 10.1. The van der Waals surface area contributed by atoms with E-state index < -0.39 is 42.1 Å². The van der Waals surface area contributed by atoms with Crippen molar-refractivity contribution in [2.45, 2.75) is 65.7 Å². The highest BCUT2D eigenvalue weighted by Gasteiger charge is 2.28. The first kappa shape index (κ1) is 35.3. The van der Waals surface area contributed by atoms with E-state index in [9.17, 15) is 29.1 Å². The van der Waals surface area contributed by atoms with E-state index in [1.807, 2.05) is 45.0 Å². The standard InChI is InChI=1S/C32H42N6O8/c1-5-7-16-46-32(44)36-25(29(40)41)17-33-28(39)22-14-12-21(13-15-22)18-38(19-26-34-23-10-8-9-11-24(23)35-26)31(43)37-27(20(3)4)30(42)45-6-2/h8-15,20,25,27H,5-7,16-19H2,1-4H3,(H,33,39)(H,34,35)(H,36,44)(H,37,43)(H,40,41)/t25?,27-/m0/s1. The maximum absolute atomic E-state index is 13.5. The molecular weight excluding hydrogens is 596 g/mol. The average Bonchev–Trinajstić information content (AvgIpc) is 3.44. The van der Waals surface area contributed by atoms with E-state index >= 15 is 0 Å². The van der Waals surface area contributed by atoms with E-state index in [1.165, 1.54) is 4.90 Å². The summed E-state index contributed by atoms with van der Waals surface area (Å²) in [6.45, 7) is 7.43. The van der Waals surface area contributed by atoms with E-state index in [0.29, 0.717) is 17.8 Å². The number of esters is 1. The fraction of sp³-hybridized carbons (Fsp3) is 0.438. The van der Waals surface area contributed by atoms with Gasteiger partial charge in [-0.05, 0) is 49.1 Å². The van der Waals surface area contributed by atoms with Crippen LogP contribution in [-0.2, 0) is 32.2 Å². The highest BCUT2D eigenvalue weighted by molar-refractivity contribution is 5.94. The molecule has 0 bridgehead atoms. The molecule has 0 aliphatic heterocycles. The smallest absolute Gasteiger partial charge is 0.407 e. The van der Waals surface area contributed by atoms with Crippen molar-refractivity contribution in [3.05, 3.63) is 65.5 Å². The quantitative estimate of drug-likeness (QED) is 0.115. The van der Waals surface area contributed by atoms with Crippen molar-refractivity contribution in [1.82, 2.24) is 30.8 Å². The van der Waals surface area contributed by atoms with Gasteiger partial charge in [0.05, 0.1) is 30.8 Å². The van der Waals surface area contributed by atoms with Crippen LogP contribution in [0, 0.1) is 5.92 Å². The second kappa shape index (κ2) is 17.4. The number of rotatable bonds is 16. The number of aromatic amines is 1. The predicted molar refractivity (Wildman–Crippen MR) is 169 cm³/mol. The van der Waals surface area contributed by atoms with Gasteiger partial charge in [-0.25, -0.2) is 24.2 Å². The number of urea groups is 1. The monoisotopic (exact) mass is 638 g/mol. The number of nitrogens with one attached hydrogen (secondary N) is 4. The van der Waals surface area contributed by atoms with Crippen LogP contribution in [0.5, 0.6) is 0 Å². The fourth-order valence-corrected chi connectivity index (χ4v) is 4.39. The summed E-state index contributed by atoms with van der Waals surface area (Å²) >= 11 is 0. The molecule has 1 unspecified atom stereocenters. The number of carbonyl (C=O) groups excluding carboxylic acids is 4. The molecule has 46 heavy (non-hydrogen) atoms. The first-order valence-electron chi connectivity index (χ1n) is 15.2. The number of fused-ring (bicyclic) bond motifs is 1. The number of para-hydroxylation sites is 2. The lowest BCUT2D eigenvalue weighted by molar-refractivity contribution is -0.146. The number of benzene rings is 2. The van der Waals surface area contributed by atoms with Crippen LogP contribution in [0.4, 0.5) is 9.59 Å². The topological polar surface area (TPSA) is 192 Å². The number of carboxylic acid groups (broad SMARTS) is 1. The molecule has 3 aromatic rings. The second-order valence-corrected chi connectivity index (χ2v) is 10.9. The van der Waals surface area contributed by atoms with Crippen molar-refractivity contribution in [3.8, 4) is 0 Å². The number of carbonyl (C=O) groups is 5. The molecule has 0 fully saturated rings. The molecule has 2 aromatic carbocycles. The van der Waals surface area contributed by atoms with E-state index in [-0.39, 0.29) is 44.3 Å². The zero-order valence-electron chi connectivity index (χ0n) is 26.5. The van der Waals surface area contributed by atoms with Gasteiger partial charge in [-0.3, -0.25) is 4.79 Å². The number of ether oxygens (including phenoxy) is 2. The van der Waals surface area contributed by atoms with Crippen molar-refractivity contribution in [3.63, 3.8) is 0 Å². The Balaban J connectivity index is 1.71. The van der Waals surface area contributed by atoms with E-state index in [1.54, 1.807) is 31.2 Å². The number of aromatic nitrogens is 2. The number of nitrogens with zero attached hydrogens (tertiary/aromatic N) is 2. The van der Waals surface area contributed by atoms with Gasteiger partial charge in [0.15, 0.2) is 0 Å². The van der Waals surface area contributed by atoms with Gasteiger partial charge in [-0.2, -0.15) is 0 Å². The van der Waals surface area contributed by atoms with Crippen LogP contribution >= 0.6 is 0 Å². The van der Waals surface area contributed by atoms with Crippen molar-refractivity contribution in [2.24, 2.45) is 5.92 Å². The Morgan fingerprint density at radius 1 is 0.957 bits per heavy atom. The van der Waals surface area contributed by atoms with E-state index in [4.69, 9.17) is 9.47 Å². The van der Waals surface area contributed by atoms with Gasteiger partial charge in [0, 0.05) is 18.7 Å². The third-order valence-corrected chi connectivity index (χ3v) is 6.93. The number of hydrogen-bond donors (Lipinski definition) is 5. The summed E-state index contributed by atoms with van der Waals surface area (Å²) in [7, 11) is 0.